The smallest absolute Gasteiger partial charge is 0.167 e. The van der Waals surface area contributed by atoms with Crippen molar-refractivity contribution in [2.45, 2.75) is 25.5 Å². The summed E-state index contributed by atoms with van der Waals surface area (Å²) in [5, 5.41) is 6.33. The first-order valence-corrected chi connectivity index (χ1v) is 9.67. The summed E-state index contributed by atoms with van der Waals surface area (Å²) in [5.41, 5.74) is 2.43. The molecule has 0 spiro atoms. The second-order valence-corrected chi connectivity index (χ2v) is 6.90. The topological polar surface area (TPSA) is 103 Å². The molecule has 0 aliphatic carbocycles. The number of benzene rings is 1. The van der Waals surface area contributed by atoms with Gasteiger partial charge >= 0.3 is 0 Å². The molecule has 1 saturated heterocycles. The zero-order chi connectivity index (χ0) is 20.3. The predicted octanol–water partition coefficient (Wildman–Crippen LogP) is 3.94. The van der Waals surface area contributed by atoms with Gasteiger partial charge in [-0.3, -0.25) is 4.57 Å². The molecule has 1 atom stereocenters. The van der Waals surface area contributed by atoms with Gasteiger partial charge in [0.2, 0.25) is 0 Å². The summed E-state index contributed by atoms with van der Waals surface area (Å²) in [7, 11) is 0. The number of anilines is 4. The van der Waals surface area contributed by atoms with Gasteiger partial charge in [-0.2, -0.15) is 0 Å². The maximum atomic E-state index is 13.9. The second-order valence-electron chi connectivity index (χ2n) is 6.90. The van der Waals surface area contributed by atoms with E-state index in [0.29, 0.717) is 34.2 Å². The molecule has 152 valence electrons. The van der Waals surface area contributed by atoms with Gasteiger partial charge < -0.3 is 15.4 Å². The van der Waals surface area contributed by atoms with E-state index in [-0.39, 0.29) is 12.0 Å². The number of hydrogen-bond donors (Lipinski definition) is 2. The summed E-state index contributed by atoms with van der Waals surface area (Å²) in [4.78, 5) is 21.3. The van der Waals surface area contributed by atoms with Crippen LogP contribution in [0.2, 0.25) is 0 Å². The Balaban J connectivity index is 1.48. The highest BCUT2D eigenvalue weighted by atomic mass is 19.1. The number of ether oxygens (including phenoxy) is 1. The van der Waals surface area contributed by atoms with Crippen LogP contribution in [0, 0.1) is 5.82 Å². The third-order valence-corrected chi connectivity index (χ3v) is 4.90. The molecule has 9 nitrogen and oxygen atoms in total. The van der Waals surface area contributed by atoms with Crippen molar-refractivity contribution in [3.05, 3.63) is 55.3 Å². The Hall–Kier alpha value is -3.66. The molecule has 1 fully saturated rings. The number of nitrogens with zero attached hydrogens (tertiary/aromatic N) is 6. The lowest BCUT2D eigenvalue weighted by molar-refractivity contribution is -0.0298. The van der Waals surface area contributed by atoms with Gasteiger partial charge in [0.1, 0.15) is 30.5 Å². The minimum atomic E-state index is -0.372. The minimum absolute atomic E-state index is 0.0766. The van der Waals surface area contributed by atoms with Gasteiger partial charge in [-0.05, 0) is 43.5 Å². The molecule has 0 amide bonds. The molecule has 4 heterocycles. The molecule has 30 heavy (non-hydrogen) atoms. The van der Waals surface area contributed by atoms with Crippen LogP contribution >= 0.6 is 0 Å². The lowest BCUT2D eigenvalue weighted by atomic mass is 10.2. The third-order valence-electron chi connectivity index (χ3n) is 4.90. The average molecular weight is 406 g/mol. The van der Waals surface area contributed by atoms with E-state index < -0.39 is 0 Å². The van der Waals surface area contributed by atoms with E-state index in [1.54, 1.807) is 24.7 Å². The lowest BCUT2D eigenvalue weighted by Gasteiger charge is -2.23. The highest BCUT2D eigenvalue weighted by Gasteiger charge is 2.20. The maximum absolute atomic E-state index is 13.9. The summed E-state index contributed by atoms with van der Waals surface area (Å²) in [6.45, 7) is 0.730. The monoisotopic (exact) mass is 406 g/mol. The first kappa shape index (κ1) is 18.4. The summed E-state index contributed by atoms with van der Waals surface area (Å²) in [6.07, 6.45) is 9.25. The van der Waals surface area contributed by atoms with E-state index in [0.717, 1.165) is 25.9 Å². The molecule has 4 aromatic rings. The number of aromatic nitrogens is 6. The van der Waals surface area contributed by atoms with Crippen LogP contribution in [0.25, 0.3) is 11.2 Å². The average Bonchev–Trinajstić information content (AvgIpc) is 3.22. The van der Waals surface area contributed by atoms with Crippen LogP contribution in [0.4, 0.5) is 27.4 Å². The standard InChI is InChI=1S/C20H19FN8O/c21-13-4-5-14(15(9-13)27-16-6-7-22-10-23-16)28-19-18-20(25-11-24-19)29(12-26-18)17-3-1-2-8-30-17/h4-7,9-12,17H,1-3,8H2,(H,22,23,27)(H,24,25,28). The van der Waals surface area contributed by atoms with E-state index >= 15 is 0 Å². The van der Waals surface area contributed by atoms with Crippen LogP contribution in [0.1, 0.15) is 25.5 Å². The molecule has 3 aromatic heterocycles. The van der Waals surface area contributed by atoms with Crippen molar-refractivity contribution in [2.75, 3.05) is 17.2 Å². The zero-order valence-corrected chi connectivity index (χ0v) is 16.0. The van der Waals surface area contributed by atoms with Crippen LogP contribution in [0.15, 0.2) is 49.4 Å². The van der Waals surface area contributed by atoms with Gasteiger partial charge in [-0.25, -0.2) is 29.3 Å². The number of halogens is 1. The molecular formula is C20H19FN8O. The molecule has 1 aliphatic rings. The molecule has 0 bridgehead atoms. The molecule has 10 heteroatoms. The SMILES string of the molecule is Fc1ccc(Nc2ncnc3c2ncn3C2CCCCO2)c(Nc2ccncn2)c1. The van der Waals surface area contributed by atoms with Crippen molar-refractivity contribution in [1.82, 2.24) is 29.5 Å². The van der Waals surface area contributed by atoms with Crippen LogP contribution in [-0.2, 0) is 4.74 Å². The second kappa shape index (κ2) is 7.99. The summed E-state index contributed by atoms with van der Waals surface area (Å²) in [6, 6.07) is 6.09. The number of nitrogens with one attached hydrogen (secondary N) is 2. The predicted molar refractivity (Wildman–Crippen MR) is 109 cm³/mol. The Morgan fingerprint density at radius 1 is 1.00 bits per heavy atom. The maximum Gasteiger partial charge on any atom is 0.167 e. The molecule has 0 radical (unpaired) electrons. The van der Waals surface area contributed by atoms with Crippen molar-refractivity contribution < 1.29 is 9.13 Å². The van der Waals surface area contributed by atoms with Crippen molar-refractivity contribution in [3.8, 4) is 0 Å². The molecule has 1 unspecified atom stereocenters. The highest BCUT2D eigenvalue weighted by Crippen LogP contribution is 2.31. The van der Waals surface area contributed by atoms with E-state index in [2.05, 4.69) is 35.6 Å². The molecular weight excluding hydrogens is 387 g/mol. The fraction of sp³-hybridized carbons (Fsp3) is 0.250. The van der Waals surface area contributed by atoms with E-state index in [4.69, 9.17) is 4.74 Å². The number of hydrogen-bond acceptors (Lipinski definition) is 8. The normalized spacial score (nSPS) is 16.5. The van der Waals surface area contributed by atoms with Crippen molar-refractivity contribution in [1.29, 1.82) is 0 Å². The van der Waals surface area contributed by atoms with Crippen molar-refractivity contribution in [2.24, 2.45) is 0 Å². The number of rotatable bonds is 5. The third kappa shape index (κ3) is 3.64. The van der Waals surface area contributed by atoms with E-state index in [1.807, 2.05) is 4.57 Å². The van der Waals surface area contributed by atoms with Crippen molar-refractivity contribution in [3.63, 3.8) is 0 Å². The fourth-order valence-electron chi connectivity index (χ4n) is 3.46. The summed E-state index contributed by atoms with van der Waals surface area (Å²) in [5.74, 6) is 0.695. The van der Waals surface area contributed by atoms with Gasteiger partial charge in [-0.15, -0.1) is 0 Å². The molecule has 2 N–H and O–H groups in total. The zero-order valence-electron chi connectivity index (χ0n) is 16.0. The van der Waals surface area contributed by atoms with Gasteiger partial charge in [0.25, 0.3) is 0 Å². The van der Waals surface area contributed by atoms with Crippen LogP contribution in [-0.4, -0.2) is 36.1 Å². The first-order valence-electron chi connectivity index (χ1n) is 9.67. The highest BCUT2D eigenvalue weighted by molar-refractivity contribution is 5.88. The van der Waals surface area contributed by atoms with Crippen LogP contribution < -0.4 is 10.6 Å². The van der Waals surface area contributed by atoms with Crippen molar-refractivity contribution >= 4 is 34.2 Å². The summed E-state index contributed by atoms with van der Waals surface area (Å²) < 4.78 is 21.7. The Bertz CT molecular complexity index is 1160. The quantitative estimate of drug-likeness (QED) is 0.514. The Morgan fingerprint density at radius 3 is 2.80 bits per heavy atom. The van der Waals surface area contributed by atoms with Crippen LogP contribution in [0.5, 0.6) is 0 Å². The largest absolute Gasteiger partial charge is 0.358 e. The van der Waals surface area contributed by atoms with Gasteiger partial charge in [0, 0.05) is 12.8 Å². The van der Waals surface area contributed by atoms with Crippen LogP contribution in [0.3, 0.4) is 0 Å². The lowest BCUT2D eigenvalue weighted by Crippen LogP contribution is -2.17. The fourth-order valence-corrected chi connectivity index (χ4v) is 3.46. The van der Waals surface area contributed by atoms with Gasteiger partial charge in [-0.1, -0.05) is 0 Å². The Labute approximate surface area is 171 Å². The van der Waals surface area contributed by atoms with E-state index in [9.17, 15) is 4.39 Å². The molecule has 0 saturated carbocycles. The molecule has 1 aliphatic heterocycles. The van der Waals surface area contributed by atoms with E-state index in [1.165, 1.54) is 24.8 Å². The Kier molecular flexibility index (Phi) is 4.89. The van der Waals surface area contributed by atoms with Gasteiger partial charge in [0.05, 0.1) is 17.7 Å². The molecule has 1 aromatic carbocycles. The minimum Gasteiger partial charge on any atom is -0.358 e. The summed E-state index contributed by atoms with van der Waals surface area (Å²) >= 11 is 0. The van der Waals surface area contributed by atoms with Gasteiger partial charge in [0.15, 0.2) is 17.0 Å². The number of fused-ring (bicyclic) bond motifs is 1. The number of imidazole rings is 1. The Morgan fingerprint density at radius 2 is 1.97 bits per heavy atom. The first-order chi connectivity index (χ1) is 14.8. The molecule has 5 rings (SSSR count).